The van der Waals surface area contributed by atoms with Crippen LogP contribution in [0.25, 0.3) is 0 Å². The quantitative estimate of drug-likeness (QED) is 0.177. The lowest BCUT2D eigenvalue weighted by Crippen LogP contribution is -2.38. The average molecular weight is 497 g/mol. The molecule has 1 rings (SSSR count). The van der Waals surface area contributed by atoms with Gasteiger partial charge in [0.2, 0.25) is 0 Å². The second-order valence-electron chi connectivity index (χ2n) is 6.99. The fraction of sp³-hybridized carbons (Fsp3) is 0.789. The zero-order valence-electron chi connectivity index (χ0n) is 16.8. The van der Waals surface area contributed by atoms with Crippen LogP contribution in [0.15, 0.2) is 10.4 Å². The van der Waals surface area contributed by atoms with Crippen LogP contribution in [-0.2, 0) is 6.42 Å². The van der Waals surface area contributed by atoms with E-state index in [0.717, 1.165) is 63.4 Å². The molecule has 3 N–H and O–H groups in total. The average Bonchev–Trinajstić information content (AvgIpc) is 2.97. The maximum atomic E-state index is 9.23. The third-order valence-electron chi connectivity index (χ3n) is 3.97. The molecule has 0 aliphatic carbocycles. The summed E-state index contributed by atoms with van der Waals surface area (Å²) in [4.78, 5) is 9.22. The highest BCUT2D eigenvalue weighted by Gasteiger charge is 2.10. The van der Waals surface area contributed by atoms with Gasteiger partial charge in [-0.2, -0.15) is 0 Å². The summed E-state index contributed by atoms with van der Waals surface area (Å²) < 4.78 is 0. The van der Waals surface area contributed by atoms with Crippen LogP contribution in [0, 0.1) is 18.8 Å². The van der Waals surface area contributed by atoms with Crippen molar-refractivity contribution in [3.8, 4) is 0 Å². The van der Waals surface area contributed by atoms with Gasteiger partial charge in [-0.15, -0.1) is 35.3 Å². The molecule has 0 fully saturated rings. The summed E-state index contributed by atoms with van der Waals surface area (Å²) in [6.07, 6.45) is 5.24. The molecule has 1 heterocycles. The third-order valence-corrected chi connectivity index (χ3v) is 5.00. The van der Waals surface area contributed by atoms with Gasteiger partial charge in [-0.25, -0.2) is 4.98 Å². The Morgan fingerprint density at radius 2 is 2.08 bits per heavy atom. The van der Waals surface area contributed by atoms with Crippen molar-refractivity contribution in [1.29, 1.82) is 0 Å². The highest BCUT2D eigenvalue weighted by molar-refractivity contribution is 14.0. The van der Waals surface area contributed by atoms with E-state index in [1.807, 2.05) is 6.92 Å². The van der Waals surface area contributed by atoms with E-state index in [4.69, 9.17) is 4.99 Å². The Hall–Kier alpha value is -0.410. The van der Waals surface area contributed by atoms with Crippen molar-refractivity contribution in [2.45, 2.75) is 59.8 Å². The second-order valence-corrected chi connectivity index (χ2v) is 7.94. The first kappa shape index (κ1) is 25.6. The number of aryl methyl sites for hydroxylation is 2. The van der Waals surface area contributed by atoms with Gasteiger partial charge in [0.25, 0.3) is 0 Å². The van der Waals surface area contributed by atoms with Crippen LogP contribution >= 0.6 is 35.3 Å². The van der Waals surface area contributed by atoms with Crippen LogP contribution in [0.3, 0.4) is 0 Å². The van der Waals surface area contributed by atoms with E-state index >= 15 is 0 Å². The monoisotopic (exact) mass is 496 g/mol. The number of unbranched alkanes of at least 4 members (excludes halogenated alkanes) is 1. The Bertz CT molecular complexity index is 494. The number of guanidine groups is 1. The molecular formula is C19H37IN4OS. The molecule has 0 aromatic carbocycles. The topological polar surface area (TPSA) is 69.5 Å². The number of nitrogens with zero attached hydrogens (tertiary/aromatic N) is 2. The first-order chi connectivity index (χ1) is 12.0. The van der Waals surface area contributed by atoms with Gasteiger partial charge in [0.1, 0.15) is 0 Å². The van der Waals surface area contributed by atoms with Crippen molar-refractivity contribution in [2.24, 2.45) is 16.8 Å². The van der Waals surface area contributed by atoms with Gasteiger partial charge in [-0.05, 0) is 57.8 Å². The van der Waals surface area contributed by atoms with E-state index in [2.05, 4.69) is 41.8 Å². The first-order valence-corrected chi connectivity index (χ1v) is 10.5. The minimum absolute atomic E-state index is 0. The van der Waals surface area contributed by atoms with Crippen LogP contribution in [0.5, 0.6) is 0 Å². The van der Waals surface area contributed by atoms with E-state index in [1.54, 1.807) is 11.3 Å². The molecule has 7 heteroatoms. The highest BCUT2D eigenvalue weighted by atomic mass is 127. The van der Waals surface area contributed by atoms with Crippen molar-refractivity contribution in [1.82, 2.24) is 15.6 Å². The number of hydrogen-bond donors (Lipinski definition) is 3. The molecule has 0 saturated carbocycles. The summed E-state index contributed by atoms with van der Waals surface area (Å²) in [6, 6.07) is 0. The largest absolute Gasteiger partial charge is 0.396 e. The zero-order chi connectivity index (χ0) is 18.5. The Kier molecular flexibility index (Phi) is 15.4. The summed E-state index contributed by atoms with van der Waals surface area (Å²) >= 11 is 1.75. The fourth-order valence-corrected chi connectivity index (χ4v) is 3.64. The Morgan fingerprint density at radius 3 is 2.65 bits per heavy atom. The van der Waals surface area contributed by atoms with Gasteiger partial charge >= 0.3 is 0 Å². The minimum atomic E-state index is 0. The van der Waals surface area contributed by atoms with Crippen molar-refractivity contribution >= 4 is 41.3 Å². The SMILES string of the molecule is CCNC(=NCC(CCO)CC(C)C)NCCCCc1nc(C)cs1.I. The number of aliphatic imine (C=N–C) groups is 1. The van der Waals surface area contributed by atoms with Gasteiger partial charge in [-0.1, -0.05) is 13.8 Å². The van der Waals surface area contributed by atoms with Crippen molar-refractivity contribution < 1.29 is 5.11 Å². The van der Waals surface area contributed by atoms with Gasteiger partial charge < -0.3 is 15.7 Å². The molecule has 0 radical (unpaired) electrons. The molecule has 26 heavy (non-hydrogen) atoms. The molecule has 1 aromatic rings. The third kappa shape index (κ3) is 12.1. The number of aliphatic hydroxyl groups excluding tert-OH is 1. The second kappa shape index (κ2) is 15.6. The predicted molar refractivity (Wildman–Crippen MR) is 124 cm³/mol. The summed E-state index contributed by atoms with van der Waals surface area (Å²) in [5.74, 6) is 1.98. The lowest BCUT2D eigenvalue weighted by Gasteiger charge is -2.17. The lowest BCUT2D eigenvalue weighted by molar-refractivity contribution is 0.245. The molecule has 0 bridgehead atoms. The molecule has 0 aliphatic heterocycles. The molecule has 152 valence electrons. The molecule has 1 aromatic heterocycles. The Labute approximate surface area is 180 Å². The van der Waals surface area contributed by atoms with Gasteiger partial charge in [-0.3, -0.25) is 4.99 Å². The van der Waals surface area contributed by atoms with E-state index in [9.17, 15) is 5.11 Å². The highest BCUT2D eigenvalue weighted by Crippen LogP contribution is 2.15. The van der Waals surface area contributed by atoms with Crippen LogP contribution < -0.4 is 10.6 Å². The maximum absolute atomic E-state index is 9.23. The summed E-state index contributed by atoms with van der Waals surface area (Å²) in [6.45, 7) is 11.4. The smallest absolute Gasteiger partial charge is 0.191 e. The van der Waals surface area contributed by atoms with E-state index < -0.39 is 0 Å². The summed E-state index contributed by atoms with van der Waals surface area (Å²) in [5.41, 5.74) is 1.12. The van der Waals surface area contributed by atoms with Crippen LogP contribution in [0.4, 0.5) is 0 Å². The standard InChI is InChI=1S/C19H36N4OS.HI/c1-5-20-19(22-13-17(9-11-24)12-15(2)3)21-10-7-6-8-18-23-16(4)14-25-18;/h14-15,17,24H,5-13H2,1-4H3,(H2,20,21,22);1H. The van der Waals surface area contributed by atoms with Crippen molar-refractivity contribution in [3.63, 3.8) is 0 Å². The normalized spacial score (nSPS) is 12.8. The summed E-state index contributed by atoms with van der Waals surface area (Å²) in [7, 11) is 0. The number of aromatic nitrogens is 1. The molecule has 1 unspecified atom stereocenters. The Morgan fingerprint density at radius 1 is 1.31 bits per heavy atom. The van der Waals surface area contributed by atoms with E-state index in [-0.39, 0.29) is 30.6 Å². The zero-order valence-corrected chi connectivity index (χ0v) is 19.9. The van der Waals surface area contributed by atoms with Gasteiger partial charge in [0.15, 0.2) is 5.96 Å². The lowest BCUT2D eigenvalue weighted by atomic mass is 9.94. The van der Waals surface area contributed by atoms with Gasteiger partial charge in [0, 0.05) is 37.3 Å². The molecule has 0 amide bonds. The minimum Gasteiger partial charge on any atom is -0.396 e. The number of hydrogen-bond acceptors (Lipinski definition) is 4. The van der Waals surface area contributed by atoms with Crippen LogP contribution in [-0.4, -0.2) is 42.3 Å². The van der Waals surface area contributed by atoms with Gasteiger partial charge in [0.05, 0.1) is 5.01 Å². The molecule has 0 saturated heterocycles. The molecule has 5 nitrogen and oxygen atoms in total. The molecule has 0 spiro atoms. The first-order valence-electron chi connectivity index (χ1n) is 9.59. The fourth-order valence-electron chi connectivity index (χ4n) is 2.82. The van der Waals surface area contributed by atoms with E-state index in [0.29, 0.717) is 11.8 Å². The number of thiazole rings is 1. The van der Waals surface area contributed by atoms with Crippen LogP contribution in [0.2, 0.25) is 0 Å². The molecule has 0 aliphatic rings. The predicted octanol–water partition coefficient (Wildman–Crippen LogP) is 3.99. The van der Waals surface area contributed by atoms with Crippen molar-refractivity contribution in [2.75, 3.05) is 26.2 Å². The molecular weight excluding hydrogens is 459 g/mol. The van der Waals surface area contributed by atoms with Crippen LogP contribution in [0.1, 0.15) is 57.2 Å². The van der Waals surface area contributed by atoms with Crippen molar-refractivity contribution in [3.05, 3.63) is 16.1 Å². The summed E-state index contributed by atoms with van der Waals surface area (Å²) in [5, 5.41) is 19.3. The number of nitrogens with one attached hydrogen (secondary N) is 2. The number of rotatable bonds is 12. The molecule has 1 atom stereocenters. The van der Waals surface area contributed by atoms with E-state index in [1.165, 1.54) is 5.01 Å². The number of aliphatic hydroxyl groups is 1. The maximum Gasteiger partial charge on any atom is 0.191 e. The number of halogens is 1. The Balaban J connectivity index is 0.00000625.